The van der Waals surface area contributed by atoms with Crippen molar-refractivity contribution in [2.75, 3.05) is 14.2 Å². The lowest BCUT2D eigenvalue weighted by Gasteiger charge is -2.20. The summed E-state index contributed by atoms with van der Waals surface area (Å²) in [7, 11) is 3.07. The molecule has 6 nitrogen and oxygen atoms in total. The van der Waals surface area contributed by atoms with Gasteiger partial charge in [0.05, 0.1) is 26.5 Å². The second-order valence-electron chi connectivity index (χ2n) is 3.70. The molecular weight excluding hydrogens is 208 g/mol. The van der Waals surface area contributed by atoms with Crippen molar-refractivity contribution in [2.45, 2.75) is 19.9 Å². The molecule has 0 bridgehead atoms. The van der Waals surface area contributed by atoms with Crippen molar-refractivity contribution in [3.05, 3.63) is 11.9 Å². The molecule has 1 unspecified atom stereocenters. The van der Waals surface area contributed by atoms with Crippen LogP contribution in [0, 0.1) is 5.92 Å². The highest BCUT2D eigenvalue weighted by Crippen LogP contribution is 2.27. The van der Waals surface area contributed by atoms with Crippen LogP contribution < -0.4 is 20.7 Å². The lowest BCUT2D eigenvalue weighted by Crippen LogP contribution is -2.32. The number of hydrogen-bond donors (Lipinski definition) is 2. The number of nitrogens with zero attached hydrogens (tertiary/aromatic N) is 2. The average molecular weight is 226 g/mol. The summed E-state index contributed by atoms with van der Waals surface area (Å²) < 4.78 is 10.2. The van der Waals surface area contributed by atoms with E-state index in [-0.39, 0.29) is 12.0 Å². The van der Waals surface area contributed by atoms with Crippen LogP contribution >= 0.6 is 0 Å². The Bertz CT molecular complexity index is 344. The normalized spacial score (nSPS) is 12.6. The highest BCUT2D eigenvalue weighted by molar-refractivity contribution is 5.25. The van der Waals surface area contributed by atoms with Gasteiger partial charge in [0.2, 0.25) is 11.8 Å². The van der Waals surface area contributed by atoms with Crippen molar-refractivity contribution in [2.24, 2.45) is 11.8 Å². The zero-order valence-electron chi connectivity index (χ0n) is 10.0. The molecule has 90 valence electrons. The van der Waals surface area contributed by atoms with Crippen molar-refractivity contribution in [1.29, 1.82) is 0 Å². The molecule has 0 amide bonds. The molecule has 6 heteroatoms. The number of methoxy groups -OCH3 is 2. The number of ether oxygens (including phenoxy) is 2. The third-order valence-corrected chi connectivity index (χ3v) is 2.29. The highest BCUT2D eigenvalue weighted by Gasteiger charge is 2.21. The van der Waals surface area contributed by atoms with Gasteiger partial charge in [-0.3, -0.25) is 11.3 Å². The Balaban J connectivity index is 3.11. The number of nitrogens with two attached hydrogens (primary N) is 1. The van der Waals surface area contributed by atoms with E-state index in [4.69, 9.17) is 15.3 Å². The lowest BCUT2D eigenvalue weighted by atomic mass is 10.0. The van der Waals surface area contributed by atoms with Gasteiger partial charge < -0.3 is 9.47 Å². The Hall–Kier alpha value is -1.40. The molecule has 1 atom stereocenters. The minimum Gasteiger partial charge on any atom is -0.480 e. The minimum atomic E-state index is -0.103. The van der Waals surface area contributed by atoms with Gasteiger partial charge in [-0.25, -0.2) is 4.98 Å². The van der Waals surface area contributed by atoms with Gasteiger partial charge in [0.15, 0.2) is 0 Å². The number of aromatic nitrogens is 2. The average Bonchev–Trinajstić information content (AvgIpc) is 2.29. The van der Waals surface area contributed by atoms with Gasteiger partial charge in [-0.15, -0.1) is 0 Å². The first kappa shape index (κ1) is 12.7. The molecule has 0 fully saturated rings. The fraction of sp³-hybridized carbons (Fsp3) is 0.600. The Morgan fingerprint density at radius 3 is 2.44 bits per heavy atom. The van der Waals surface area contributed by atoms with Crippen LogP contribution in [0.5, 0.6) is 11.8 Å². The van der Waals surface area contributed by atoms with Gasteiger partial charge in [0, 0.05) is 0 Å². The van der Waals surface area contributed by atoms with Crippen LogP contribution in [0.3, 0.4) is 0 Å². The van der Waals surface area contributed by atoms with E-state index in [0.717, 1.165) is 0 Å². The maximum Gasteiger partial charge on any atom is 0.240 e. The summed E-state index contributed by atoms with van der Waals surface area (Å²) in [4.78, 5) is 8.42. The molecule has 0 radical (unpaired) electrons. The maximum absolute atomic E-state index is 5.50. The van der Waals surface area contributed by atoms with Crippen molar-refractivity contribution < 1.29 is 9.47 Å². The molecule has 0 aliphatic heterocycles. The minimum absolute atomic E-state index is 0.103. The largest absolute Gasteiger partial charge is 0.480 e. The first-order valence-electron chi connectivity index (χ1n) is 5.05. The summed E-state index contributed by atoms with van der Waals surface area (Å²) in [5.41, 5.74) is 3.39. The van der Waals surface area contributed by atoms with Crippen LogP contribution in [0.4, 0.5) is 0 Å². The second kappa shape index (κ2) is 5.62. The molecule has 3 N–H and O–H groups in total. The molecule has 0 spiro atoms. The van der Waals surface area contributed by atoms with Crippen molar-refractivity contribution in [1.82, 2.24) is 15.4 Å². The Kier molecular flexibility index (Phi) is 4.45. The molecule has 16 heavy (non-hydrogen) atoms. The van der Waals surface area contributed by atoms with E-state index in [1.165, 1.54) is 7.11 Å². The second-order valence-corrected chi connectivity index (χ2v) is 3.70. The van der Waals surface area contributed by atoms with Crippen LogP contribution in [0.2, 0.25) is 0 Å². The van der Waals surface area contributed by atoms with E-state index >= 15 is 0 Å². The molecule has 1 rings (SSSR count). The van der Waals surface area contributed by atoms with E-state index in [2.05, 4.69) is 15.4 Å². The molecule has 0 aromatic carbocycles. The van der Waals surface area contributed by atoms with Crippen molar-refractivity contribution >= 4 is 0 Å². The predicted molar refractivity (Wildman–Crippen MR) is 60.0 cm³/mol. The fourth-order valence-corrected chi connectivity index (χ4v) is 1.42. The summed E-state index contributed by atoms with van der Waals surface area (Å²) in [5.74, 6) is 6.62. The Labute approximate surface area is 95.1 Å². The summed E-state index contributed by atoms with van der Waals surface area (Å²) in [6, 6.07) is -0.103. The highest BCUT2D eigenvalue weighted by atomic mass is 16.5. The van der Waals surface area contributed by atoms with Crippen molar-refractivity contribution in [3.8, 4) is 11.8 Å². The fourth-order valence-electron chi connectivity index (χ4n) is 1.42. The maximum atomic E-state index is 5.50. The topological polar surface area (TPSA) is 82.3 Å². The van der Waals surface area contributed by atoms with Crippen LogP contribution in [-0.4, -0.2) is 24.2 Å². The Morgan fingerprint density at radius 1 is 1.31 bits per heavy atom. The smallest absolute Gasteiger partial charge is 0.240 e. The van der Waals surface area contributed by atoms with Gasteiger partial charge in [-0.1, -0.05) is 13.8 Å². The zero-order chi connectivity index (χ0) is 12.1. The van der Waals surface area contributed by atoms with Crippen LogP contribution in [0.25, 0.3) is 0 Å². The molecular formula is C10H18N4O2. The van der Waals surface area contributed by atoms with Gasteiger partial charge in [0.1, 0.15) is 5.69 Å². The molecule has 0 saturated carbocycles. The number of hydrazine groups is 1. The Morgan fingerprint density at radius 2 is 2.00 bits per heavy atom. The number of rotatable bonds is 5. The molecule has 0 saturated heterocycles. The van der Waals surface area contributed by atoms with Gasteiger partial charge in [-0.05, 0) is 5.92 Å². The number of hydrogen-bond acceptors (Lipinski definition) is 6. The standard InChI is InChI=1S/C10H18N4O2/c1-6(2)8(14-11)9-10(16-4)13-7(15-3)5-12-9/h5-6,8,14H,11H2,1-4H3. The molecule has 1 heterocycles. The monoisotopic (exact) mass is 226 g/mol. The quantitative estimate of drug-likeness (QED) is 0.567. The molecule has 1 aromatic heterocycles. The van der Waals surface area contributed by atoms with E-state index < -0.39 is 0 Å². The van der Waals surface area contributed by atoms with Crippen molar-refractivity contribution in [3.63, 3.8) is 0 Å². The molecule has 1 aromatic rings. The SMILES string of the molecule is COc1cnc(C(NN)C(C)C)c(OC)n1. The first-order chi connectivity index (χ1) is 7.63. The van der Waals surface area contributed by atoms with E-state index in [1.54, 1.807) is 13.3 Å². The van der Waals surface area contributed by atoms with Gasteiger partial charge in [0.25, 0.3) is 0 Å². The first-order valence-corrected chi connectivity index (χ1v) is 5.05. The van der Waals surface area contributed by atoms with E-state index in [9.17, 15) is 0 Å². The third kappa shape index (κ3) is 2.59. The van der Waals surface area contributed by atoms with Crippen LogP contribution in [-0.2, 0) is 0 Å². The summed E-state index contributed by atoms with van der Waals surface area (Å²) in [6.45, 7) is 4.08. The van der Waals surface area contributed by atoms with E-state index in [0.29, 0.717) is 17.5 Å². The van der Waals surface area contributed by atoms with Crippen LogP contribution in [0.15, 0.2) is 6.20 Å². The summed E-state index contributed by atoms with van der Waals surface area (Å²) >= 11 is 0. The number of nitrogens with one attached hydrogen (secondary N) is 1. The third-order valence-electron chi connectivity index (χ3n) is 2.29. The van der Waals surface area contributed by atoms with Crippen LogP contribution in [0.1, 0.15) is 25.6 Å². The molecule has 0 aliphatic carbocycles. The van der Waals surface area contributed by atoms with E-state index in [1.807, 2.05) is 13.8 Å². The predicted octanol–water partition coefficient (Wildman–Crippen LogP) is 0.654. The molecule has 0 aliphatic rings. The van der Waals surface area contributed by atoms with Gasteiger partial charge >= 0.3 is 0 Å². The van der Waals surface area contributed by atoms with Gasteiger partial charge in [-0.2, -0.15) is 4.98 Å². The zero-order valence-corrected chi connectivity index (χ0v) is 10.0. The summed E-state index contributed by atoms with van der Waals surface area (Å²) in [6.07, 6.45) is 1.55. The summed E-state index contributed by atoms with van der Waals surface area (Å²) in [5, 5.41) is 0. The lowest BCUT2D eigenvalue weighted by molar-refractivity contribution is 0.335.